The summed E-state index contributed by atoms with van der Waals surface area (Å²) in [6, 6.07) is 7.80. The number of nitrogens with one attached hydrogen (secondary N) is 2. The molecular weight excluding hydrogens is 361 g/mol. The van der Waals surface area contributed by atoms with Crippen molar-refractivity contribution in [2.45, 2.75) is 12.2 Å². The van der Waals surface area contributed by atoms with Crippen molar-refractivity contribution in [2.24, 2.45) is 0 Å². The molecule has 0 saturated carbocycles. The van der Waals surface area contributed by atoms with Gasteiger partial charge in [0.15, 0.2) is 17.5 Å². The van der Waals surface area contributed by atoms with Gasteiger partial charge < -0.3 is 24.5 Å². The first-order chi connectivity index (χ1) is 12.9. The van der Waals surface area contributed by atoms with E-state index in [2.05, 4.69) is 10.3 Å². The number of ether oxygens (including phenoxy) is 3. The van der Waals surface area contributed by atoms with Crippen LogP contribution in [0.2, 0.25) is 0 Å². The van der Waals surface area contributed by atoms with Crippen LogP contribution in [0.5, 0.6) is 17.2 Å². The first kappa shape index (κ1) is 18.8. The first-order valence-electron chi connectivity index (χ1n) is 8.08. The average Bonchev–Trinajstić information content (AvgIpc) is 3.07. The number of H-pyrrole nitrogens is 1. The Morgan fingerprint density at radius 1 is 0.963 bits per heavy atom. The molecular formula is C19H19F3N2O3. The van der Waals surface area contributed by atoms with Crippen LogP contribution in [-0.4, -0.2) is 32.5 Å². The van der Waals surface area contributed by atoms with Gasteiger partial charge in [0.2, 0.25) is 5.75 Å². The molecule has 1 heterocycles. The maximum absolute atomic E-state index is 13.8. The number of hydrogen-bond acceptors (Lipinski definition) is 4. The topological polar surface area (TPSA) is 55.5 Å². The summed E-state index contributed by atoms with van der Waals surface area (Å²) < 4.78 is 57.2. The molecule has 1 aromatic heterocycles. The van der Waals surface area contributed by atoms with E-state index in [-0.39, 0.29) is 22.7 Å². The summed E-state index contributed by atoms with van der Waals surface area (Å²) in [7, 11) is 4.24. The standard InChI is InChI=1S/C19H19F3N2O3/c1-25-15-8-11(9-16(26-2)17(15)27-3)24-18(19(20,21)22)13-10-23-14-7-5-4-6-12(13)14/h4-10,18,23-24H,1-3H3/t18-/m1/s1. The number of fused-ring (bicyclic) bond motifs is 1. The molecule has 0 radical (unpaired) electrons. The third-order valence-electron chi connectivity index (χ3n) is 4.24. The van der Waals surface area contributed by atoms with Gasteiger partial charge in [0.1, 0.15) is 0 Å². The lowest BCUT2D eigenvalue weighted by atomic mass is 10.0. The lowest BCUT2D eigenvalue weighted by Crippen LogP contribution is -2.27. The fourth-order valence-corrected chi connectivity index (χ4v) is 3.00. The second kappa shape index (κ2) is 7.30. The van der Waals surface area contributed by atoms with Crippen LogP contribution >= 0.6 is 0 Å². The number of alkyl halides is 3. The summed E-state index contributed by atoms with van der Waals surface area (Å²) in [5.41, 5.74) is 0.928. The summed E-state index contributed by atoms with van der Waals surface area (Å²) >= 11 is 0. The van der Waals surface area contributed by atoms with E-state index in [0.29, 0.717) is 16.7 Å². The van der Waals surface area contributed by atoms with Crippen molar-refractivity contribution in [1.82, 2.24) is 4.98 Å². The van der Waals surface area contributed by atoms with Crippen LogP contribution in [0.3, 0.4) is 0 Å². The van der Waals surface area contributed by atoms with E-state index in [4.69, 9.17) is 14.2 Å². The largest absolute Gasteiger partial charge is 0.493 e. The van der Waals surface area contributed by atoms with Crippen LogP contribution in [0.4, 0.5) is 18.9 Å². The van der Waals surface area contributed by atoms with Crippen molar-refractivity contribution < 1.29 is 27.4 Å². The predicted molar refractivity (Wildman–Crippen MR) is 96.8 cm³/mol. The monoisotopic (exact) mass is 380 g/mol. The number of methoxy groups -OCH3 is 3. The third-order valence-corrected chi connectivity index (χ3v) is 4.24. The minimum Gasteiger partial charge on any atom is -0.493 e. The van der Waals surface area contributed by atoms with Gasteiger partial charge in [-0.2, -0.15) is 13.2 Å². The van der Waals surface area contributed by atoms with Gasteiger partial charge in [-0.1, -0.05) is 18.2 Å². The van der Waals surface area contributed by atoms with Gasteiger partial charge in [-0.05, 0) is 6.07 Å². The molecule has 3 aromatic rings. The Bertz CT molecular complexity index is 912. The Labute approximate surface area is 154 Å². The second-order valence-corrected chi connectivity index (χ2v) is 5.82. The minimum absolute atomic E-state index is 0.104. The molecule has 2 aromatic carbocycles. The highest BCUT2D eigenvalue weighted by molar-refractivity contribution is 5.84. The van der Waals surface area contributed by atoms with Crippen molar-refractivity contribution in [3.63, 3.8) is 0 Å². The van der Waals surface area contributed by atoms with Crippen molar-refractivity contribution in [3.8, 4) is 17.2 Å². The van der Waals surface area contributed by atoms with E-state index in [9.17, 15) is 13.2 Å². The van der Waals surface area contributed by atoms with Crippen molar-refractivity contribution >= 4 is 16.6 Å². The van der Waals surface area contributed by atoms with E-state index in [1.165, 1.54) is 39.7 Å². The summed E-state index contributed by atoms with van der Waals surface area (Å²) in [5.74, 6) is 0.833. The summed E-state index contributed by atoms with van der Waals surface area (Å²) in [6.45, 7) is 0. The quantitative estimate of drug-likeness (QED) is 0.638. The molecule has 27 heavy (non-hydrogen) atoms. The lowest BCUT2D eigenvalue weighted by molar-refractivity contribution is -0.143. The highest BCUT2D eigenvalue weighted by Gasteiger charge is 2.42. The molecule has 0 fully saturated rings. The van der Waals surface area contributed by atoms with Crippen molar-refractivity contribution in [2.75, 3.05) is 26.6 Å². The maximum atomic E-state index is 13.8. The normalized spacial score (nSPS) is 12.7. The SMILES string of the molecule is COc1cc(N[C@H](c2c[nH]c3ccccc23)C(F)(F)F)cc(OC)c1OC. The van der Waals surface area contributed by atoms with E-state index in [0.717, 1.165) is 0 Å². The molecule has 0 aliphatic rings. The molecule has 144 valence electrons. The Morgan fingerprint density at radius 3 is 2.15 bits per heavy atom. The van der Waals surface area contributed by atoms with Crippen LogP contribution < -0.4 is 19.5 Å². The molecule has 0 amide bonds. The van der Waals surface area contributed by atoms with E-state index < -0.39 is 12.2 Å². The van der Waals surface area contributed by atoms with Crippen molar-refractivity contribution in [1.29, 1.82) is 0 Å². The fourth-order valence-electron chi connectivity index (χ4n) is 3.00. The first-order valence-corrected chi connectivity index (χ1v) is 8.08. The number of hydrogen-bond donors (Lipinski definition) is 2. The number of aromatic nitrogens is 1. The van der Waals surface area contributed by atoms with Gasteiger partial charge in [0.05, 0.1) is 21.3 Å². The second-order valence-electron chi connectivity index (χ2n) is 5.82. The van der Waals surface area contributed by atoms with Crippen LogP contribution in [0.1, 0.15) is 11.6 Å². The lowest BCUT2D eigenvalue weighted by Gasteiger charge is -2.23. The van der Waals surface area contributed by atoms with E-state index in [1.807, 2.05) is 0 Å². The average molecular weight is 380 g/mol. The summed E-state index contributed by atoms with van der Waals surface area (Å²) in [6.07, 6.45) is -3.15. The number of anilines is 1. The van der Waals surface area contributed by atoms with Crippen LogP contribution in [0.25, 0.3) is 10.9 Å². The summed E-state index contributed by atoms with van der Waals surface area (Å²) in [4.78, 5) is 2.88. The zero-order valence-corrected chi connectivity index (χ0v) is 15.0. The van der Waals surface area contributed by atoms with Crippen molar-refractivity contribution in [3.05, 3.63) is 48.2 Å². The van der Waals surface area contributed by atoms with Gasteiger partial charge in [0.25, 0.3) is 0 Å². The molecule has 0 bridgehead atoms. The molecule has 5 nitrogen and oxygen atoms in total. The zero-order chi connectivity index (χ0) is 19.6. The smallest absolute Gasteiger partial charge is 0.412 e. The zero-order valence-electron chi connectivity index (χ0n) is 15.0. The molecule has 3 rings (SSSR count). The molecule has 8 heteroatoms. The molecule has 1 atom stereocenters. The molecule has 0 aliphatic heterocycles. The Hall–Kier alpha value is -3.03. The molecule has 0 aliphatic carbocycles. The maximum Gasteiger partial charge on any atom is 0.412 e. The number of halogens is 3. The van der Waals surface area contributed by atoms with Crippen LogP contribution in [-0.2, 0) is 0 Å². The fraction of sp³-hybridized carbons (Fsp3) is 0.263. The number of benzene rings is 2. The number of rotatable bonds is 6. The molecule has 2 N–H and O–H groups in total. The van der Waals surface area contributed by atoms with Gasteiger partial charge in [0, 0.05) is 40.5 Å². The van der Waals surface area contributed by atoms with E-state index in [1.54, 1.807) is 24.3 Å². The van der Waals surface area contributed by atoms with Crippen LogP contribution in [0.15, 0.2) is 42.6 Å². The third kappa shape index (κ3) is 3.60. The molecule has 0 spiro atoms. The number of para-hydroxylation sites is 1. The molecule has 0 unspecified atom stereocenters. The highest BCUT2D eigenvalue weighted by Crippen LogP contribution is 2.43. The minimum atomic E-state index is -4.52. The molecule has 0 saturated heterocycles. The summed E-state index contributed by atoms with van der Waals surface area (Å²) in [5, 5.41) is 3.05. The Morgan fingerprint density at radius 2 is 1.59 bits per heavy atom. The predicted octanol–water partition coefficient (Wildman–Crippen LogP) is 4.91. The number of aromatic amines is 1. The van der Waals surface area contributed by atoms with E-state index >= 15 is 0 Å². The van der Waals surface area contributed by atoms with Gasteiger partial charge in [-0.15, -0.1) is 0 Å². The van der Waals surface area contributed by atoms with Gasteiger partial charge >= 0.3 is 6.18 Å². The van der Waals surface area contributed by atoms with Crippen LogP contribution in [0, 0.1) is 0 Å². The Balaban J connectivity index is 2.06. The van der Waals surface area contributed by atoms with Gasteiger partial charge in [-0.25, -0.2) is 0 Å². The van der Waals surface area contributed by atoms with Gasteiger partial charge in [-0.3, -0.25) is 0 Å². The Kier molecular flexibility index (Phi) is 5.07. The highest BCUT2D eigenvalue weighted by atomic mass is 19.4.